The fourth-order valence-corrected chi connectivity index (χ4v) is 9.58. The predicted molar refractivity (Wildman–Crippen MR) is 279 cm³/mol. The highest BCUT2D eigenvalue weighted by Crippen LogP contribution is 2.26. The van der Waals surface area contributed by atoms with Crippen LogP contribution in [0.3, 0.4) is 0 Å². The molecule has 5 rings (SSSR count). The number of benzene rings is 2. The van der Waals surface area contributed by atoms with Crippen molar-refractivity contribution in [2.45, 2.75) is 125 Å². The summed E-state index contributed by atoms with van der Waals surface area (Å²) in [5.74, 6) is -6.24. The first-order chi connectivity index (χ1) is 36.4. The van der Waals surface area contributed by atoms with Gasteiger partial charge in [0.05, 0.1) is 19.2 Å². The summed E-state index contributed by atoms with van der Waals surface area (Å²) in [5, 5.41) is 23.6. The van der Waals surface area contributed by atoms with E-state index in [-0.39, 0.29) is 63.1 Å². The van der Waals surface area contributed by atoms with Gasteiger partial charge in [0, 0.05) is 45.6 Å². The molecule has 3 aliphatic rings. The van der Waals surface area contributed by atoms with E-state index in [1.54, 1.807) is 60.7 Å². The Labute approximate surface area is 440 Å². The molecule has 76 heavy (non-hydrogen) atoms. The molecule has 2 aromatic carbocycles. The second kappa shape index (κ2) is 29.3. The Bertz CT molecular complexity index is 2400. The molecule has 3 aliphatic heterocycles. The van der Waals surface area contributed by atoms with Crippen LogP contribution in [-0.2, 0) is 56.0 Å². The first kappa shape index (κ1) is 59.0. The monoisotopic (exact) mass is 1060 g/mol. The smallest absolute Gasteiger partial charge is 0.248 e. The van der Waals surface area contributed by atoms with Crippen molar-refractivity contribution in [2.75, 3.05) is 45.9 Å². The van der Waals surface area contributed by atoms with Gasteiger partial charge in [-0.3, -0.25) is 53.1 Å². The number of aliphatic hydroxyl groups excluding tert-OH is 1. The number of hydrogen-bond acceptors (Lipinski definition) is 13. The summed E-state index contributed by atoms with van der Waals surface area (Å²) in [7, 11) is 0. The fourth-order valence-electron chi connectivity index (χ4n) is 9.58. The van der Waals surface area contributed by atoms with Gasteiger partial charge in [-0.1, -0.05) is 60.7 Å². The number of nitrogens with one attached hydrogen (secondary N) is 5. The molecule has 0 aromatic heterocycles. The van der Waals surface area contributed by atoms with Crippen molar-refractivity contribution in [1.29, 1.82) is 0 Å². The van der Waals surface area contributed by atoms with E-state index in [2.05, 4.69) is 36.6 Å². The molecule has 26 nitrogen and oxygen atoms in total. The maximum atomic E-state index is 14.2. The average Bonchev–Trinajstić information content (AvgIpc) is 4.22. The minimum absolute atomic E-state index is 0.00883. The number of amides is 9. The lowest BCUT2D eigenvalue weighted by Crippen LogP contribution is -2.60. The van der Waals surface area contributed by atoms with Crippen molar-refractivity contribution in [3.63, 3.8) is 0 Å². The molecule has 3 saturated heterocycles. The molecular weight excluding hydrogens is 985 g/mol. The third kappa shape index (κ3) is 17.4. The van der Waals surface area contributed by atoms with Crippen molar-refractivity contribution in [3.8, 4) is 0 Å². The molecule has 26 heteroatoms. The number of carbonyl (C=O) groups is 9. The Hall–Kier alpha value is -7.87. The molecule has 0 radical (unpaired) electrons. The quantitative estimate of drug-likeness (QED) is 0.0228. The van der Waals surface area contributed by atoms with E-state index < -0.39 is 109 Å². The summed E-state index contributed by atoms with van der Waals surface area (Å²) in [6, 6.07) is 8.47. The summed E-state index contributed by atoms with van der Waals surface area (Å²) in [5.41, 5.74) is 34.7. The molecule has 3 fully saturated rings. The Morgan fingerprint density at radius 3 is 1.57 bits per heavy atom. The van der Waals surface area contributed by atoms with E-state index in [4.69, 9.17) is 34.4 Å². The third-order valence-electron chi connectivity index (χ3n) is 13.5. The van der Waals surface area contributed by atoms with Crippen molar-refractivity contribution in [2.24, 2.45) is 44.4 Å². The summed E-state index contributed by atoms with van der Waals surface area (Å²) in [6.45, 7) is -0.343. The van der Waals surface area contributed by atoms with Crippen molar-refractivity contribution >= 4 is 65.1 Å². The van der Waals surface area contributed by atoms with E-state index in [9.17, 15) is 48.3 Å². The van der Waals surface area contributed by atoms with E-state index in [1.165, 1.54) is 14.7 Å². The number of hydrogen-bond donors (Lipinski definition) is 12. The lowest BCUT2D eigenvalue weighted by atomic mass is 10.0. The van der Waals surface area contributed by atoms with Crippen LogP contribution in [-0.4, -0.2) is 179 Å². The molecular formula is C50H74N16O10. The molecule has 0 bridgehead atoms. The number of primary amides is 1. The van der Waals surface area contributed by atoms with Crippen LogP contribution in [0.25, 0.3) is 0 Å². The van der Waals surface area contributed by atoms with Crippen molar-refractivity contribution < 1.29 is 48.3 Å². The second-order valence-corrected chi connectivity index (χ2v) is 19.1. The normalized spacial score (nSPS) is 19.0. The lowest BCUT2D eigenvalue weighted by molar-refractivity contribution is -0.147. The molecule has 18 N–H and O–H groups in total. The topological polar surface area (TPSA) is 425 Å². The zero-order chi connectivity index (χ0) is 55.3. The van der Waals surface area contributed by atoms with Crippen molar-refractivity contribution in [3.05, 3.63) is 71.8 Å². The maximum Gasteiger partial charge on any atom is 0.248 e. The SMILES string of the molecule is NC(=O)[C@H](CCCN=C(N)N)NC(=O)[C@H](Cc1ccccc1)NC(=O)[C@@H]1CCCN1C(=O)[C@H](CO)NC(=O)[C@H](Cc1ccccc1)NC(=O)CNC(=O)[C@@H]1CCCN1C(=O)[C@@H]1CCCN1C(=O)[C@@H](N)CCCN=C(N)N. The number of nitrogens with two attached hydrogens (primary N) is 6. The lowest BCUT2D eigenvalue weighted by Gasteiger charge is -2.32. The van der Waals surface area contributed by atoms with Gasteiger partial charge in [-0.15, -0.1) is 0 Å². The van der Waals surface area contributed by atoms with Gasteiger partial charge in [0.1, 0.15) is 42.3 Å². The molecule has 2 aromatic rings. The molecule has 0 saturated carbocycles. The minimum atomic E-state index is -1.57. The van der Waals surface area contributed by atoms with Crippen LogP contribution in [0, 0.1) is 0 Å². The second-order valence-electron chi connectivity index (χ2n) is 19.1. The number of carbonyl (C=O) groups excluding carboxylic acids is 9. The minimum Gasteiger partial charge on any atom is -0.394 e. The van der Waals surface area contributed by atoms with Crippen molar-refractivity contribution in [1.82, 2.24) is 41.3 Å². The van der Waals surface area contributed by atoms with Crippen LogP contribution in [0.1, 0.15) is 75.3 Å². The summed E-state index contributed by atoms with van der Waals surface area (Å²) in [4.78, 5) is 135. The Morgan fingerprint density at radius 2 is 1.04 bits per heavy atom. The highest BCUT2D eigenvalue weighted by atomic mass is 16.3. The standard InChI is InChI=1S/C50H74N16O10/c51-32(16-7-21-57-49(53)54)46(74)66-25-11-20-39(66)48(76)65-24-9-18-37(65)44(72)59-28-40(68)60-34(26-30-12-3-1-4-13-30)42(70)63-36(29-67)47(75)64-23-10-19-38(64)45(73)62-35(27-31-14-5-2-6-15-31)43(71)61-33(41(52)69)17-8-22-58-50(55)56/h1-6,12-15,32-39,67H,7-11,16-29,51H2,(H2,52,69)(H,59,72)(H,60,68)(H,61,71)(H,62,73)(H,63,70)(H4,53,54,57)(H4,55,56,58)/t32-,33-,34-,35-,36-,37-,38-,39-/m0/s1. The van der Waals surface area contributed by atoms with Crippen LogP contribution in [0.15, 0.2) is 70.6 Å². The summed E-state index contributed by atoms with van der Waals surface area (Å²) < 4.78 is 0. The highest BCUT2D eigenvalue weighted by Gasteiger charge is 2.44. The van der Waals surface area contributed by atoms with Gasteiger partial charge < -0.3 is 80.8 Å². The first-order valence-electron chi connectivity index (χ1n) is 25.6. The molecule has 8 atom stereocenters. The third-order valence-corrected chi connectivity index (χ3v) is 13.5. The van der Waals surface area contributed by atoms with Gasteiger partial charge >= 0.3 is 0 Å². The van der Waals surface area contributed by atoms with Gasteiger partial charge in [0.2, 0.25) is 53.2 Å². The van der Waals surface area contributed by atoms with E-state index in [0.717, 1.165) is 0 Å². The molecule has 0 spiro atoms. The number of aliphatic imine (C=N–C) groups is 2. The Balaban J connectivity index is 1.21. The van der Waals surface area contributed by atoms with Crippen LogP contribution in [0.4, 0.5) is 0 Å². The number of rotatable bonds is 27. The molecule has 3 heterocycles. The highest BCUT2D eigenvalue weighted by molar-refractivity contribution is 5.98. The van der Waals surface area contributed by atoms with Crippen LogP contribution in [0.2, 0.25) is 0 Å². The summed E-state index contributed by atoms with van der Waals surface area (Å²) >= 11 is 0. The first-order valence-corrected chi connectivity index (χ1v) is 25.6. The van der Waals surface area contributed by atoms with Gasteiger partial charge in [-0.25, -0.2) is 0 Å². The number of nitrogens with zero attached hydrogens (tertiary/aromatic N) is 5. The maximum absolute atomic E-state index is 14.2. The van der Waals surface area contributed by atoms with E-state index in [0.29, 0.717) is 75.6 Å². The number of aliphatic hydroxyl groups is 1. The van der Waals surface area contributed by atoms with Gasteiger partial charge in [0.25, 0.3) is 0 Å². The fraction of sp³-hybridized carbons (Fsp3) is 0.540. The van der Waals surface area contributed by atoms with Gasteiger partial charge in [0.15, 0.2) is 11.9 Å². The van der Waals surface area contributed by atoms with E-state index in [1.807, 2.05) is 0 Å². The zero-order valence-electron chi connectivity index (χ0n) is 42.6. The largest absolute Gasteiger partial charge is 0.394 e. The van der Waals surface area contributed by atoms with Crippen LogP contribution < -0.4 is 61.0 Å². The molecule has 0 aliphatic carbocycles. The molecule has 0 unspecified atom stereocenters. The number of guanidine groups is 2. The van der Waals surface area contributed by atoms with E-state index >= 15 is 0 Å². The predicted octanol–water partition coefficient (Wildman–Crippen LogP) is -4.59. The van der Waals surface area contributed by atoms with Crippen LogP contribution >= 0.6 is 0 Å². The average molecular weight is 1060 g/mol. The summed E-state index contributed by atoms with van der Waals surface area (Å²) in [6.07, 6.45) is 3.44. The molecule has 9 amide bonds. The Kier molecular flexibility index (Phi) is 22.7. The van der Waals surface area contributed by atoms with Crippen LogP contribution in [0.5, 0.6) is 0 Å². The van der Waals surface area contributed by atoms with Gasteiger partial charge in [-0.2, -0.15) is 0 Å². The molecule has 414 valence electrons. The number of likely N-dealkylation sites (tertiary alicyclic amines) is 3. The zero-order valence-corrected chi connectivity index (χ0v) is 42.6. The van der Waals surface area contributed by atoms with Gasteiger partial charge in [-0.05, 0) is 75.3 Å². The Morgan fingerprint density at radius 1 is 0.566 bits per heavy atom.